The van der Waals surface area contributed by atoms with Crippen molar-refractivity contribution >= 4 is 46.0 Å². The highest BCUT2D eigenvalue weighted by atomic mass is 32.2. The maximum absolute atomic E-state index is 13.5. The lowest BCUT2D eigenvalue weighted by Crippen LogP contribution is -2.35. The molecule has 0 unspecified atom stereocenters. The molecule has 1 fully saturated rings. The molecule has 1 saturated heterocycles. The first-order chi connectivity index (χ1) is 15.9. The van der Waals surface area contributed by atoms with Crippen LogP contribution < -0.4 is 21.5 Å². The van der Waals surface area contributed by atoms with E-state index < -0.39 is 29.3 Å². The lowest BCUT2D eigenvalue weighted by Gasteiger charge is -2.20. The van der Waals surface area contributed by atoms with E-state index in [0.29, 0.717) is 36.5 Å². The van der Waals surface area contributed by atoms with Gasteiger partial charge in [-0.05, 0) is 49.2 Å². The van der Waals surface area contributed by atoms with Gasteiger partial charge in [0.1, 0.15) is 11.9 Å². The molecule has 3 heterocycles. The summed E-state index contributed by atoms with van der Waals surface area (Å²) in [6, 6.07) is 9.04. The first-order valence-corrected chi connectivity index (χ1v) is 11.3. The maximum Gasteiger partial charge on any atom is 0.414 e. The van der Waals surface area contributed by atoms with E-state index in [0.717, 1.165) is 15.5 Å². The number of carbonyl (C=O) groups excluding carboxylic acids is 2. The minimum atomic E-state index is -0.571. The van der Waals surface area contributed by atoms with E-state index in [9.17, 15) is 23.6 Å². The van der Waals surface area contributed by atoms with Crippen LogP contribution in [0.5, 0.6) is 0 Å². The highest BCUT2D eigenvalue weighted by Gasteiger charge is 2.32. The van der Waals surface area contributed by atoms with Crippen LogP contribution in [0.25, 0.3) is 10.9 Å². The Balaban J connectivity index is 1.26. The van der Waals surface area contributed by atoms with E-state index in [1.807, 2.05) is 6.07 Å². The third kappa shape index (κ3) is 4.11. The Morgan fingerprint density at radius 2 is 1.97 bits per heavy atom. The van der Waals surface area contributed by atoms with Gasteiger partial charge in [0.15, 0.2) is 0 Å². The zero-order chi connectivity index (χ0) is 23.1. The van der Waals surface area contributed by atoms with Crippen LogP contribution in [0.15, 0.2) is 50.9 Å². The SMILES string of the molecule is O=C1CSc2ccc(N3C[C@@H](CCCn4c(=O)[nH]c5ccc(F)cc5c4=O)OC3=O)cc2N1. The number of ether oxygens (including phenoxy) is 1. The number of nitrogens with one attached hydrogen (secondary N) is 2. The number of thioether (sulfide) groups is 1. The second-order valence-electron chi connectivity index (χ2n) is 7.85. The number of H-pyrrole nitrogens is 1. The fourth-order valence-corrected chi connectivity index (χ4v) is 4.81. The van der Waals surface area contributed by atoms with Crippen LogP contribution in [0.3, 0.4) is 0 Å². The highest BCUT2D eigenvalue weighted by molar-refractivity contribution is 8.00. The molecule has 0 spiro atoms. The molecular weight excluding hydrogens is 451 g/mol. The molecule has 3 aromatic rings. The molecule has 2 amide bonds. The first-order valence-electron chi connectivity index (χ1n) is 10.4. The molecular formula is C22H19FN4O5S. The van der Waals surface area contributed by atoms with Gasteiger partial charge in [-0.2, -0.15) is 0 Å². The number of amides is 2. The van der Waals surface area contributed by atoms with E-state index in [4.69, 9.17) is 4.74 Å². The molecule has 2 N–H and O–H groups in total. The van der Waals surface area contributed by atoms with E-state index in [1.54, 1.807) is 12.1 Å². The Bertz CT molecular complexity index is 1400. The van der Waals surface area contributed by atoms with Crippen LogP contribution in [0.2, 0.25) is 0 Å². The first kappa shape index (κ1) is 21.3. The zero-order valence-corrected chi connectivity index (χ0v) is 18.1. The average molecular weight is 470 g/mol. The van der Waals surface area contributed by atoms with Crippen LogP contribution in [0.1, 0.15) is 12.8 Å². The number of carbonyl (C=O) groups is 2. The molecule has 0 bridgehead atoms. The van der Waals surface area contributed by atoms with Crippen molar-refractivity contribution < 1.29 is 18.7 Å². The Labute approximate surface area is 190 Å². The number of anilines is 2. The summed E-state index contributed by atoms with van der Waals surface area (Å²) >= 11 is 1.44. The Morgan fingerprint density at radius 3 is 2.82 bits per heavy atom. The fraction of sp³-hybridized carbons (Fsp3) is 0.273. The van der Waals surface area contributed by atoms with Crippen molar-refractivity contribution in [3.63, 3.8) is 0 Å². The number of aromatic nitrogens is 2. The number of cyclic esters (lactones) is 1. The molecule has 11 heteroatoms. The van der Waals surface area contributed by atoms with E-state index in [2.05, 4.69) is 10.3 Å². The normalized spacial score (nSPS) is 17.7. The van der Waals surface area contributed by atoms with Gasteiger partial charge < -0.3 is 15.0 Å². The van der Waals surface area contributed by atoms with Gasteiger partial charge in [0.25, 0.3) is 5.56 Å². The summed E-state index contributed by atoms with van der Waals surface area (Å²) in [5, 5.41) is 2.90. The van der Waals surface area contributed by atoms with Gasteiger partial charge in [-0.15, -0.1) is 11.8 Å². The highest BCUT2D eigenvalue weighted by Crippen LogP contribution is 2.35. The maximum atomic E-state index is 13.5. The Kier molecular flexibility index (Phi) is 5.41. The van der Waals surface area contributed by atoms with E-state index in [1.165, 1.54) is 28.8 Å². The summed E-state index contributed by atoms with van der Waals surface area (Å²) in [4.78, 5) is 54.0. The third-order valence-corrected chi connectivity index (χ3v) is 6.71. The molecule has 170 valence electrons. The third-order valence-electron chi connectivity index (χ3n) is 5.63. The molecule has 1 atom stereocenters. The molecule has 0 aliphatic carbocycles. The monoisotopic (exact) mass is 470 g/mol. The minimum Gasteiger partial charge on any atom is -0.444 e. The van der Waals surface area contributed by atoms with E-state index in [-0.39, 0.29) is 23.4 Å². The second-order valence-corrected chi connectivity index (χ2v) is 8.87. The molecule has 2 aromatic carbocycles. The molecule has 2 aliphatic heterocycles. The van der Waals surface area contributed by atoms with Gasteiger partial charge in [0.2, 0.25) is 5.91 Å². The standard InChI is InChI=1S/C22H19FN4O5S/c23-12-3-5-16-15(8-12)20(29)26(21(30)25-16)7-1-2-14-10-27(22(31)32-14)13-4-6-18-17(9-13)24-19(28)11-33-18/h3-6,8-9,14H,1-2,7,10-11H2,(H,24,28)(H,25,30)/t14-/m1/s1. The summed E-state index contributed by atoms with van der Waals surface area (Å²) < 4.78 is 20.0. The minimum absolute atomic E-state index is 0.0896. The molecule has 0 saturated carbocycles. The van der Waals surface area contributed by atoms with Crippen LogP contribution >= 0.6 is 11.8 Å². The topological polar surface area (TPSA) is 114 Å². The largest absolute Gasteiger partial charge is 0.444 e. The number of hydrogen-bond donors (Lipinski definition) is 2. The number of hydrogen-bond acceptors (Lipinski definition) is 6. The van der Waals surface area contributed by atoms with Crippen molar-refractivity contribution in [3.8, 4) is 0 Å². The molecule has 5 rings (SSSR count). The summed E-state index contributed by atoms with van der Waals surface area (Å²) in [6.45, 7) is 0.420. The fourth-order valence-electron chi connectivity index (χ4n) is 4.02. The average Bonchev–Trinajstić information content (AvgIpc) is 3.16. The van der Waals surface area contributed by atoms with Crippen molar-refractivity contribution in [1.82, 2.24) is 9.55 Å². The second kappa shape index (κ2) is 8.39. The lowest BCUT2D eigenvalue weighted by atomic mass is 10.2. The Morgan fingerprint density at radius 1 is 1.12 bits per heavy atom. The van der Waals surface area contributed by atoms with Crippen molar-refractivity contribution in [1.29, 1.82) is 0 Å². The predicted molar refractivity (Wildman–Crippen MR) is 121 cm³/mol. The number of rotatable bonds is 5. The van der Waals surface area contributed by atoms with Crippen molar-refractivity contribution in [3.05, 3.63) is 63.1 Å². The molecule has 2 aliphatic rings. The van der Waals surface area contributed by atoms with Crippen LogP contribution in [-0.4, -0.2) is 40.0 Å². The van der Waals surface area contributed by atoms with Gasteiger partial charge in [0, 0.05) is 17.1 Å². The summed E-state index contributed by atoms with van der Waals surface area (Å²) in [5.41, 5.74) is 0.428. The molecule has 9 nitrogen and oxygen atoms in total. The van der Waals surface area contributed by atoms with Gasteiger partial charge in [-0.1, -0.05) is 0 Å². The van der Waals surface area contributed by atoms with Crippen molar-refractivity contribution in [2.45, 2.75) is 30.4 Å². The summed E-state index contributed by atoms with van der Waals surface area (Å²) in [5.74, 6) is -0.289. The smallest absolute Gasteiger partial charge is 0.414 e. The summed E-state index contributed by atoms with van der Waals surface area (Å²) in [7, 11) is 0. The summed E-state index contributed by atoms with van der Waals surface area (Å²) in [6.07, 6.45) is -0.0598. The Hall–Kier alpha value is -3.60. The molecule has 33 heavy (non-hydrogen) atoms. The number of fused-ring (bicyclic) bond motifs is 2. The molecule has 0 radical (unpaired) electrons. The van der Waals surface area contributed by atoms with Gasteiger partial charge in [-0.25, -0.2) is 14.0 Å². The number of halogens is 1. The van der Waals surface area contributed by atoms with Gasteiger partial charge in [0.05, 0.1) is 28.9 Å². The predicted octanol–water partition coefficient (Wildman–Crippen LogP) is 2.68. The van der Waals surface area contributed by atoms with Gasteiger partial charge in [-0.3, -0.25) is 19.1 Å². The van der Waals surface area contributed by atoms with E-state index >= 15 is 0 Å². The van der Waals surface area contributed by atoms with Crippen LogP contribution in [0, 0.1) is 5.82 Å². The molecule has 1 aromatic heterocycles. The van der Waals surface area contributed by atoms with Crippen LogP contribution in [0.4, 0.5) is 20.6 Å². The van der Waals surface area contributed by atoms with Crippen molar-refractivity contribution in [2.75, 3.05) is 22.5 Å². The lowest BCUT2D eigenvalue weighted by molar-refractivity contribution is -0.113. The quantitative estimate of drug-likeness (QED) is 0.593. The number of benzene rings is 2. The number of nitrogens with zero attached hydrogens (tertiary/aromatic N) is 2. The zero-order valence-electron chi connectivity index (χ0n) is 17.3. The van der Waals surface area contributed by atoms with Crippen molar-refractivity contribution in [2.24, 2.45) is 0 Å². The number of aromatic amines is 1. The van der Waals surface area contributed by atoms with Gasteiger partial charge >= 0.3 is 11.8 Å². The van der Waals surface area contributed by atoms with Crippen LogP contribution in [-0.2, 0) is 16.1 Å².